The van der Waals surface area contributed by atoms with Crippen LogP contribution in [0.1, 0.15) is 16.7 Å². The molecule has 0 saturated heterocycles. The average Bonchev–Trinajstić information content (AvgIpc) is 2.38. The molecule has 0 aliphatic rings. The Morgan fingerprint density at radius 1 is 0.941 bits per heavy atom. The number of rotatable bonds is 4. The summed E-state index contributed by atoms with van der Waals surface area (Å²) in [6.07, 6.45) is 3.72. The van der Waals surface area contributed by atoms with Crippen molar-refractivity contribution in [2.75, 3.05) is 0 Å². The van der Waals surface area contributed by atoms with Crippen LogP contribution in [0.15, 0.2) is 60.9 Å². The van der Waals surface area contributed by atoms with Gasteiger partial charge in [-0.1, -0.05) is 60.2 Å². The number of aryl methyl sites for hydroxylation is 1. The Hall–Kier alpha value is -2.02. The van der Waals surface area contributed by atoms with E-state index in [1.807, 2.05) is 24.3 Å². The molecule has 0 spiro atoms. The van der Waals surface area contributed by atoms with Gasteiger partial charge in [0.15, 0.2) is 0 Å². The molecular formula is C16H16O. The molecule has 17 heavy (non-hydrogen) atoms. The van der Waals surface area contributed by atoms with Crippen molar-refractivity contribution in [3.63, 3.8) is 0 Å². The molecule has 0 radical (unpaired) electrons. The number of ether oxygens (including phenoxy) is 1. The van der Waals surface area contributed by atoms with Gasteiger partial charge >= 0.3 is 0 Å². The zero-order valence-corrected chi connectivity index (χ0v) is 9.97. The molecule has 1 heteroatoms. The molecule has 0 heterocycles. The quantitative estimate of drug-likeness (QED) is 0.708. The van der Waals surface area contributed by atoms with Gasteiger partial charge in [-0.2, -0.15) is 0 Å². The topological polar surface area (TPSA) is 9.23 Å². The van der Waals surface area contributed by atoms with Gasteiger partial charge in [0, 0.05) is 0 Å². The molecule has 0 saturated carbocycles. The second-order valence-electron chi connectivity index (χ2n) is 4.01. The summed E-state index contributed by atoms with van der Waals surface area (Å²) in [6, 6.07) is 18.5. The highest BCUT2D eigenvalue weighted by Gasteiger charge is 1.89. The molecule has 0 aliphatic heterocycles. The molecule has 2 aromatic rings. The third kappa shape index (κ3) is 3.80. The van der Waals surface area contributed by atoms with E-state index in [1.165, 1.54) is 11.1 Å². The molecular weight excluding hydrogens is 208 g/mol. The molecule has 2 aromatic carbocycles. The third-order valence-electron chi connectivity index (χ3n) is 2.53. The minimum Gasteiger partial charge on any atom is -0.496 e. The van der Waals surface area contributed by atoms with E-state index >= 15 is 0 Å². The van der Waals surface area contributed by atoms with E-state index < -0.39 is 0 Å². The van der Waals surface area contributed by atoms with E-state index in [9.17, 15) is 0 Å². The second kappa shape index (κ2) is 5.90. The van der Waals surface area contributed by atoms with Crippen LogP contribution in [0.5, 0.6) is 0 Å². The third-order valence-corrected chi connectivity index (χ3v) is 2.53. The van der Waals surface area contributed by atoms with Crippen LogP contribution in [0.2, 0.25) is 0 Å². The van der Waals surface area contributed by atoms with E-state index in [1.54, 1.807) is 6.26 Å². The Bertz CT molecular complexity index is 469. The Kier molecular flexibility index (Phi) is 3.98. The summed E-state index contributed by atoms with van der Waals surface area (Å²) in [5, 5.41) is 0. The molecule has 0 aromatic heterocycles. The highest BCUT2D eigenvalue weighted by molar-refractivity contribution is 5.48. The Balaban J connectivity index is 1.84. The molecule has 0 atom stereocenters. The van der Waals surface area contributed by atoms with E-state index in [4.69, 9.17) is 4.74 Å². The van der Waals surface area contributed by atoms with Crippen molar-refractivity contribution in [2.24, 2.45) is 0 Å². The molecule has 86 valence electrons. The smallest absolute Gasteiger partial charge is 0.112 e. The zero-order valence-electron chi connectivity index (χ0n) is 9.97. The normalized spacial score (nSPS) is 10.6. The summed E-state index contributed by atoms with van der Waals surface area (Å²) in [7, 11) is 0. The van der Waals surface area contributed by atoms with Gasteiger partial charge in [0.05, 0.1) is 6.26 Å². The first-order chi connectivity index (χ1) is 8.34. The van der Waals surface area contributed by atoms with Crippen molar-refractivity contribution < 1.29 is 4.74 Å². The molecule has 0 amide bonds. The summed E-state index contributed by atoms with van der Waals surface area (Å²) >= 11 is 0. The standard InChI is InChI=1S/C16H16O/c1-14-7-9-15(10-8-14)11-12-17-13-16-5-3-2-4-6-16/h2-12H,13H2,1H3. The number of benzene rings is 2. The van der Waals surface area contributed by atoms with Crippen LogP contribution in [0.3, 0.4) is 0 Å². The maximum atomic E-state index is 5.47. The molecule has 0 N–H and O–H groups in total. The fraction of sp³-hybridized carbons (Fsp3) is 0.125. The van der Waals surface area contributed by atoms with Gasteiger partial charge in [0.2, 0.25) is 0 Å². The van der Waals surface area contributed by atoms with Crippen molar-refractivity contribution in [2.45, 2.75) is 13.5 Å². The highest BCUT2D eigenvalue weighted by Crippen LogP contribution is 2.06. The lowest BCUT2D eigenvalue weighted by Gasteiger charge is -2.00. The first-order valence-corrected chi connectivity index (χ1v) is 5.73. The Morgan fingerprint density at radius 3 is 2.35 bits per heavy atom. The summed E-state index contributed by atoms with van der Waals surface area (Å²) in [6.45, 7) is 2.70. The summed E-state index contributed by atoms with van der Waals surface area (Å²) < 4.78 is 5.47. The van der Waals surface area contributed by atoms with Crippen LogP contribution in [0.4, 0.5) is 0 Å². The predicted molar refractivity (Wildman–Crippen MR) is 71.4 cm³/mol. The van der Waals surface area contributed by atoms with Crippen molar-refractivity contribution in [3.8, 4) is 0 Å². The monoisotopic (exact) mass is 224 g/mol. The van der Waals surface area contributed by atoms with Gasteiger partial charge in [-0.25, -0.2) is 0 Å². The zero-order chi connectivity index (χ0) is 11.9. The van der Waals surface area contributed by atoms with E-state index in [0.717, 1.165) is 5.56 Å². The van der Waals surface area contributed by atoms with Gasteiger partial charge in [0.25, 0.3) is 0 Å². The fourth-order valence-corrected chi connectivity index (χ4v) is 1.52. The molecule has 0 bridgehead atoms. The average molecular weight is 224 g/mol. The van der Waals surface area contributed by atoms with Gasteiger partial charge < -0.3 is 4.74 Å². The van der Waals surface area contributed by atoms with E-state index in [2.05, 4.69) is 43.3 Å². The van der Waals surface area contributed by atoms with Gasteiger partial charge in [0.1, 0.15) is 6.61 Å². The lowest BCUT2D eigenvalue weighted by atomic mass is 10.1. The van der Waals surface area contributed by atoms with E-state index in [-0.39, 0.29) is 0 Å². The van der Waals surface area contributed by atoms with Crippen LogP contribution in [-0.2, 0) is 11.3 Å². The lowest BCUT2D eigenvalue weighted by molar-refractivity contribution is 0.239. The van der Waals surface area contributed by atoms with Crippen molar-refractivity contribution in [1.82, 2.24) is 0 Å². The van der Waals surface area contributed by atoms with Crippen LogP contribution in [-0.4, -0.2) is 0 Å². The summed E-state index contributed by atoms with van der Waals surface area (Å²) in [5.74, 6) is 0. The van der Waals surface area contributed by atoms with Crippen molar-refractivity contribution >= 4 is 6.08 Å². The fourth-order valence-electron chi connectivity index (χ4n) is 1.52. The van der Waals surface area contributed by atoms with E-state index in [0.29, 0.717) is 6.61 Å². The Labute approximate surface area is 102 Å². The molecule has 0 unspecified atom stereocenters. The van der Waals surface area contributed by atoms with Gasteiger partial charge in [-0.3, -0.25) is 0 Å². The van der Waals surface area contributed by atoms with Crippen LogP contribution >= 0.6 is 0 Å². The first kappa shape index (κ1) is 11.5. The maximum absolute atomic E-state index is 5.47. The second-order valence-corrected chi connectivity index (χ2v) is 4.01. The molecule has 0 aliphatic carbocycles. The minimum absolute atomic E-state index is 0.614. The SMILES string of the molecule is Cc1ccc(C=COCc2ccccc2)cc1. The van der Waals surface area contributed by atoms with Crippen LogP contribution < -0.4 is 0 Å². The van der Waals surface area contributed by atoms with Crippen LogP contribution in [0.25, 0.3) is 6.08 Å². The number of hydrogen-bond acceptors (Lipinski definition) is 1. The maximum Gasteiger partial charge on any atom is 0.112 e. The predicted octanol–water partition coefficient (Wildman–Crippen LogP) is 4.18. The van der Waals surface area contributed by atoms with Crippen molar-refractivity contribution in [1.29, 1.82) is 0 Å². The van der Waals surface area contributed by atoms with Crippen LogP contribution in [0, 0.1) is 6.92 Å². The van der Waals surface area contributed by atoms with Gasteiger partial charge in [-0.05, 0) is 24.1 Å². The molecule has 0 fully saturated rings. The lowest BCUT2D eigenvalue weighted by Crippen LogP contribution is -1.84. The summed E-state index contributed by atoms with van der Waals surface area (Å²) in [4.78, 5) is 0. The minimum atomic E-state index is 0.614. The van der Waals surface area contributed by atoms with Crippen molar-refractivity contribution in [3.05, 3.63) is 77.5 Å². The summed E-state index contributed by atoms with van der Waals surface area (Å²) in [5.41, 5.74) is 3.61. The first-order valence-electron chi connectivity index (χ1n) is 5.73. The molecule has 2 rings (SSSR count). The highest BCUT2D eigenvalue weighted by atomic mass is 16.5. The Morgan fingerprint density at radius 2 is 1.65 bits per heavy atom. The molecule has 1 nitrogen and oxygen atoms in total. The van der Waals surface area contributed by atoms with Gasteiger partial charge in [-0.15, -0.1) is 0 Å². The largest absolute Gasteiger partial charge is 0.496 e. The number of hydrogen-bond donors (Lipinski definition) is 0.